The Bertz CT molecular complexity index is 901. The Morgan fingerprint density at radius 1 is 1.00 bits per heavy atom. The van der Waals surface area contributed by atoms with Crippen LogP contribution < -0.4 is 4.90 Å². The van der Waals surface area contributed by atoms with E-state index < -0.39 is 17.9 Å². The fourth-order valence-corrected chi connectivity index (χ4v) is 3.37. The number of benzene rings is 2. The summed E-state index contributed by atoms with van der Waals surface area (Å²) in [6.45, 7) is 3.81. The Morgan fingerprint density at radius 2 is 1.64 bits per heavy atom. The quantitative estimate of drug-likeness (QED) is 0.791. The Morgan fingerprint density at radius 3 is 2.28 bits per heavy atom. The van der Waals surface area contributed by atoms with Crippen LogP contribution in [0.1, 0.15) is 16.7 Å². The highest BCUT2D eigenvalue weighted by molar-refractivity contribution is 6.32. The van der Waals surface area contributed by atoms with Gasteiger partial charge >= 0.3 is 0 Å². The van der Waals surface area contributed by atoms with Crippen molar-refractivity contribution in [2.45, 2.75) is 20.0 Å². The van der Waals surface area contributed by atoms with E-state index in [0.29, 0.717) is 17.0 Å². The van der Waals surface area contributed by atoms with Crippen LogP contribution in [0.2, 0.25) is 0 Å². The van der Waals surface area contributed by atoms with E-state index in [9.17, 15) is 14.0 Å². The van der Waals surface area contributed by atoms with Crippen LogP contribution >= 0.6 is 0 Å². The van der Waals surface area contributed by atoms with Crippen molar-refractivity contribution >= 4 is 23.2 Å². The van der Waals surface area contributed by atoms with E-state index in [0.717, 1.165) is 16.0 Å². The molecule has 2 unspecified atom stereocenters. The van der Waals surface area contributed by atoms with Gasteiger partial charge in [0.1, 0.15) is 17.4 Å². The van der Waals surface area contributed by atoms with E-state index in [1.807, 2.05) is 19.9 Å². The van der Waals surface area contributed by atoms with Gasteiger partial charge in [0.25, 0.3) is 5.91 Å². The molecule has 25 heavy (non-hydrogen) atoms. The molecule has 0 aromatic heterocycles. The highest BCUT2D eigenvalue weighted by atomic mass is 19.1. The van der Waals surface area contributed by atoms with E-state index in [1.165, 1.54) is 24.3 Å². The molecule has 1 saturated heterocycles. The molecule has 0 spiro atoms. The van der Waals surface area contributed by atoms with Crippen LogP contribution in [0.5, 0.6) is 0 Å². The lowest BCUT2D eigenvalue weighted by molar-refractivity contribution is -0.126. The van der Waals surface area contributed by atoms with Gasteiger partial charge in [0, 0.05) is 5.56 Å². The molecular formula is C19H15FN2O3. The average Bonchev–Trinajstić information content (AvgIpc) is 3.08. The van der Waals surface area contributed by atoms with Crippen LogP contribution in [0.3, 0.4) is 0 Å². The van der Waals surface area contributed by atoms with Crippen molar-refractivity contribution in [3.8, 4) is 0 Å². The minimum atomic E-state index is -0.964. The maximum absolute atomic E-state index is 13.1. The number of amides is 2. The lowest BCUT2D eigenvalue weighted by atomic mass is 9.94. The molecular weight excluding hydrogens is 323 g/mol. The van der Waals surface area contributed by atoms with Gasteiger partial charge in [-0.2, -0.15) is 0 Å². The summed E-state index contributed by atoms with van der Waals surface area (Å²) in [5, 5.41) is 3.91. The van der Waals surface area contributed by atoms with Crippen LogP contribution in [0.15, 0.2) is 47.6 Å². The predicted molar refractivity (Wildman–Crippen MR) is 89.7 cm³/mol. The van der Waals surface area contributed by atoms with Gasteiger partial charge in [-0.25, -0.2) is 9.29 Å². The molecule has 2 heterocycles. The Labute approximate surface area is 143 Å². The molecule has 0 N–H and O–H groups in total. The van der Waals surface area contributed by atoms with Crippen molar-refractivity contribution < 1.29 is 18.8 Å². The lowest BCUT2D eigenvalue weighted by Crippen LogP contribution is -2.33. The molecule has 6 heteroatoms. The monoisotopic (exact) mass is 338 g/mol. The van der Waals surface area contributed by atoms with Gasteiger partial charge in [-0.3, -0.25) is 9.59 Å². The normalized spacial score (nSPS) is 22.0. The average molecular weight is 338 g/mol. The van der Waals surface area contributed by atoms with Crippen molar-refractivity contribution in [2.75, 3.05) is 4.90 Å². The number of aryl methyl sites for hydroxylation is 2. The fraction of sp³-hybridized carbons (Fsp3) is 0.211. The number of carbonyl (C=O) groups is 2. The molecule has 0 radical (unpaired) electrons. The Kier molecular flexibility index (Phi) is 3.42. The largest absolute Gasteiger partial charge is 0.381 e. The number of oxime groups is 1. The number of anilines is 1. The van der Waals surface area contributed by atoms with Gasteiger partial charge in [-0.05, 0) is 49.2 Å². The summed E-state index contributed by atoms with van der Waals surface area (Å²) in [6, 6.07) is 11.2. The van der Waals surface area contributed by atoms with Crippen molar-refractivity contribution in [3.05, 3.63) is 65.0 Å². The molecule has 1 fully saturated rings. The lowest BCUT2D eigenvalue weighted by Gasteiger charge is -2.16. The fourth-order valence-electron chi connectivity index (χ4n) is 3.37. The zero-order valence-electron chi connectivity index (χ0n) is 13.7. The first kappa shape index (κ1) is 15.5. The molecule has 2 aromatic rings. The Balaban J connectivity index is 1.72. The highest BCUT2D eigenvalue weighted by Gasteiger charge is 2.56. The smallest absolute Gasteiger partial charge is 0.278 e. The maximum atomic E-state index is 13.1. The van der Waals surface area contributed by atoms with Gasteiger partial charge in [-0.1, -0.05) is 23.4 Å². The van der Waals surface area contributed by atoms with E-state index >= 15 is 0 Å². The summed E-state index contributed by atoms with van der Waals surface area (Å²) >= 11 is 0. The minimum absolute atomic E-state index is 0.357. The summed E-state index contributed by atoms with van der Waals surface area (Å²) in [5.41, 5.74) is 3.37. The molecule has 2 atom stereocenters. The molecule has 2 aromatic carbocycles. The van der Waals surface area contributed by atoms with Gasteiger partial charge in [0.05, 0.1) is 5.69 Å². The van der Waals surface area contributed by atoms with E-state index in [-0.39, 0.29) is 11.7 Å². The summed E-state index contributed by atoms with van der Waals surface area (Å²) in [6.07, 6.45) is -0.964. The topological polar surface area (TPSA) is 59.0 Å². The van der Waals surface area contributed by atoms with Crippen LogP contribution in [-0.2, 0) is 14.4 Å². The number of fused-ring (bicyclic) bond motifs is 1. The van der Waals surface area contributed by atoms with Crippen LogP contribution in [0, 0.1) is 25.6 Å². The number of rotatable bonds is 2. The summed E-state index contributed by atoms with van der Waals surface area (Å²) < 4.78 is 13.1. The standard InChI is InChI=1S/C19H15FN2O3/c1-10-7-11(2)9-14(8-10)22-18(23)15-16(21-25-17(15)19(22)24)12-3-5-13(20)6-4-12/h3-9,15,17H,1-2H3. The van der Waals surface area contributed by atoms with Crippen LogP contribution in [0.4, 0.5) is 10.1 Å². The molecule has 2 aliphatic heterocycles. The molecule has 0 aliphatic carbocycles. The van der Waals surface area contributed by atoms with Crippen molar-refractivity contribution in [3.63, 3.8) is 0 Å². The third-order valence-electron chi connectivity index (χ3n) is 4.42. The maximum Gasteiger partial charge on any atom is 0.278 e. The zero-order chi connectivity index (χ0) is 17.7. The second-order valence-electron chi connectivity index (χ2n) is 6.34. The van der Waals surface area contributed by atoms with E-state index in [2.05, 4.69) is 5.16 Å². The SMILES string of the molecule is Cc1cc(C)cc(N2C(=O)C3ON=C(c4ccc(F)cc4)C3C2=O)c1. The minimum Gasteiger partial charge on any atom is -0.381 e. The number of nitrogens with zero attached hydrogens (tertiary/aromatic N) is 2. The predicted octanol–water partition coefficient (Wildman–Crippen LogP) is 2.74. The highest BCUT2D eigenvalue weighted by Crippen LogP contribution is 2.35. The molecule has 126 valence electrons. The van der Waals surface area contributed by atoms with Gasteiger partial charge in [0.15, 0.2) is 0 Å². The summed E-state index contributed by atoms with van der Waals surface area (Å²) in [5.74, 6) is -1.99. The van der Waals surface area contributed by atoms with E-state index in [1.54, 1.807) is 12.1 Å². The van der Waals surface area contributed by atoms with Crippen molar-refractivity contribution in [1.82, 2.24) is 0 Å². The summed E-state index contributed by atoms with van der Waals surface area (Å²) in [7, 11) is 0. The third kappa shape index (κ3) is 2.41. The molecule has 5 nitrogen and oxygen atoms in total. The number of imide groups is 1. The van der Waals surface area contributed by atoms with Crippen LogP contribution in [-0.4, -0.2) is 23.6 Å². The third-order valence-corrected chi connectivity index (χ3v) is 4.42. The Hall–Kier alpha value is -3.02. The number of halogens is 1. The first-order chi connectivity index (χ1) is 12.0. The second kappa shape index (κ2) is 5.51. The number of carbonyl (C=O) groups excluding carboxylic acids is 2. The molecule has 0 saturated carbocycles. The molecule has 2 aliphatic rings. The van der Waals surface area contributed by atoms with Gasteiger partial charge in [-0.15, -0.1) is 0 Å². The molecule has 4 rings (SSSR count). The summed E-state index contributed by atoms with van der Waals surface area (Å²) in [4.78, 5) is 32.1. The van der Waals surface area contributed by atoms with Gasteiger partial charge in [0.2, 0.25) is 12.0 Å². The number of hydrogen-bond acceptors (Lipinski definition) is 4. The molecule has 0 bridgehead atoms. The molecule has 2 amide bonds. The van der Waals surface area contributed by atoms with Crippen LogP contribution in [0.25, 0.3) is 0 Å². The first-order valence-corrected chi connectivity index (χ1v) is 7.91. The van der Waals surface area contributed by atoms with Crippen molar-refractivity contribution in [2.24, 2.45) is 11.1 Å². The van der Waals surface area contributed by atoms with Crippen molar-refractivity contribution in [1.29, 1.82) is 0 Å². The van der Waals surface area contributed by atoms with E-state index in [4.69, 9.17) is 4.84 Å². The van der Waals surface area contributed by atoms with Gasteiger partial charge < -0.3 is 4.84 Å². The second-order valence-corrected chi connectivity index (χ2v) is 6.34. The zero-order valence-corrected chi connectivity index (χ0v) is 13.7. The first-order valence-electron chi connectivity index (χ1n) is 7.91. The number of hydrogen-bond donors (Lipinski definition) is 0.